The summed E-state index contributed by atoms with van der Waals surface area (Å²) in [5, 5.41) is 4.21. The van der Waals surface area contributed by atoms with Crippen LogP contribution in [0.25, 0.3) is 11.1 Å². The molecule has 0 spiro atoms. The van der Waals surface area contributed by atoms with E-state index < -0.39 is 11.6 Å². The van der Waals surface area contributed by atoms with E-state index in [0.29, 0.717) is 17.8 Å². The van der Waals surface area contributed by atoms with Crippen molar-refractivity contribution in [3.63, 3.8) is 0 Å². The van der Waals surface area contributed by atoms with Gasteiger partial charge in [-0.05, 0) is 35.4 Å². The summed E-state index contributed by atoms with van der Waals surface area (Å²) < 4.78 is 28.0. The third kappa shape index (κ3) is 3.08. The molecule has 0 unspecified atom stereocenters. The average Bonchev–Trinajstić information content (AvgIpc) is 2.86. The van der Waals surface area contributed by atoms with E-state index in [2.05, 4.69) is 5.10 Å². The van der Waals surface area contributed by atoms with E-state index in [1.807, 2.05) is 30.5 Å². The van der Waals surface area contributed by atoms with Gasteiger partial charge in [0.15, 0.2) is 0 Å². The van der Waals surface area contributed by atoms with E-state index in [1.165, 1.54) is 12.1 Å². The van der Waals surface area contributed by atoms with Gasteiger partial charge in [-0.25, -0.2) is 8.78 Å². The molecule has 3 aromatic rings. The molecule has 1 heterocycles. The van der Waals surface area contributed by atoms with Crippen LogP contribution in [0.2, 0.25) is 0 Å². The lowest BCUT2D eigenvalue weighted by Gasteiger charge is -2.03. The highest BCUT2D eigenvalue weighted by atomic mass is 19.1. The lowest BCUT2D eigenvalue weighted by atomic mass is 10.1. The predicted molar refractivity (Wildman–Crippen MR) is 77.5 cm³/mol. The Balaban J connectivity index is 1.85. The summed E-state index contributed by atoms with van der Waals surface area (Å²) >= 11 is 0. The van der Waals surface area contributed by atoms with Crippen molar-refractivity contribution in [2.24, 2.45) is 0 Å². The van der Waals surface area contributed by atoms with Crippen molar-refractivity contribution in [3.8, 4) is 11.1 Å². The van der Waals surface area contributed by atoms with Gasteiger partial charge in [0.25, 0.3) is 0 Å². The minimum absolute atomic E-state index is 0.303. The SMILES string of the molecule is Nc1cccc(-c2cnn(Cc3cc(F)cc(F)c3)c2)c1. The highest BCUT2D eigenvalue weighted by molar-refractivity contribution is 5.65. The highest BCUT2D eigenvalue weighted by Gasteiger charge is 2.05. The first-order valence-corrected chi connectivity index (χ1v) is 6.43. The van der Waals surface area contributed by atoms with Gasteiger partial charge in [-0.1, -0.05) is 12.1 Å². The summed E-state index contributed by atoms with van der Waals surface area (Å²) in [4.78, 5) is 0. The first-order chi connectivity index (χ1) is 10.1. The number of hydrogen-bond donors (Lipinski definition) is 1. The molecule has 0 aliphatic heterocycles. The van der Waals surface area contributed by atoms with Gasteiger partial charge in [-0.2, -0.15) is 5.10 Å². The zero-order chi connectivity index (χ0) is 14.8. The summed E-state index contributed by atoms with van der Waals surface area (Å²) in [6, 6.07) is 10.9. The molecule has 0 saturated heterocycles. The molecule has 0 amide bonds. The summed E-state index contributed by atoms with van der Waals surface area (Å²) in [6.45, 7) is 0.303. The third-order valence-electron chi connectivity index (χ3n) is 3.12. The van der Waals surface area contributed by atoms with Crippen LogP contribution in [0.5, 0.6) is 0 Å². The summed E-state index contributed by atoms with van der Waals surface area (Å²) in [5.41, 5.74) is 8.80. The molecule has 21 heavy (non-hydrogen) atoms. The molecular weight excluding hydrogens is 272 g/mol. The second kappa shape index (κ2) is 5.36. The molecular formula is C16H13F2N3. The number of nitrogen functional groups attached to an aromatic ring is 1. The maximum absolute atomic E-state index is 13.2. The molecule has 0 aliphatic rings. The van der Waals surface area contributed by atoms with Crippen molar-refractivity contribution in [1.82, 2.24) is 9.78 Å². The van der Waals surface area contributed by atoms with E-state index in [9.17, 15) is 8.78 Å². The van der Waals surface area contributed by atoms with E-state index in [1.54, 1.807) is 10.9 Å². The average molecular weight is 285 g/mol. The Bertz CT molecular complexity index is 760. The molecule has 5 heteroatoms. The molecule has 0 saturated carbocycles. The summed E-state index contributed by atoms with van der Waals surface area (Å²) in [6.07, 6.45) is 3.52. The summed E-state index contributed by atoms with van der Waals surface area (Å²) in [5.74, 6) is -1.18. The molecule has 0 bridgehead atoms. The van der Waals surface area contributed by atoms with Crippen LogP contribution in [0.3, 0.4) is 0 Å². The lowest BCUT2D eigenvalue weighted by molar-refractivity contribution is 0.574. The number of hydrogen-bond acceptors (Lipinski definition) is 2. The maximum Gasteiger partial charge on any atom is 0.126 e. The fourth-order valence-electron chi connectivity index (χ4n) is 2.21. The number of rotatable bonds is 3. The Kier molecular flexibility index (Phi) is 3.39. The first kappa shape index (κ1) is 13.3. The number of nitrogens with zero attached hydrogens (tertiary/aromatic N) is 2. The number of aromatic nitrogens is 2. The highest BCUT2D eigenvalue weighted by Crippen LogP contribution is 2.21. The topological polar surface area (TPSA) is 43.8 Å². The van der Waals surface area contributed by atoms with Crippen LogP contribution in [0.4, 0.5) is 14.5 Å². The van der Waals surface area contributed by atoms with E-state index in [4.69, 9.17) is 5.73 Å². The van der Waals surface area contributed by atoms with Gasteiger partial charge in [0.1, 0.15) is 11.6 Å². The second-order valence-electron chi connectivity index (χ2n) is 4.83. The smallest absolute Gasteiger partial charge is 0.126 e. The van der Waals surface area contributed by atoms with Crippen molar-refractivity contribution >= 4 is 5.69 Å². The molecule has 106 valence electrons. The number of nitrogens with two attached hydrogens (primary N) is 1. The normalized spacial score (nSPS) is 10.8. The van der Waals surface area contributed by atoms with Gasteiger partial charge in [0.05, 0.1) is 12.7 Å². The minimum Gasteiger partial charge on any atom is -0.399 e. The van der Waals surface area contributed by atoms with Crippen LogP contribution in [-0.2, 0) is 6.54 Å². The van der Waals surface area contributed by atoms with E-state index in [0.717, 1.165) is 17.2 Å². The van der Waals surface area contributed by atoms with Crippen molar-refractivity contribution in [3.05, 3.63) is 72.1 Å². The molecule has 3 rings (SSSR count). The van der Waals surface area contributed by atoms with Gasteiger partial charge in [0.2, 0.25) is 0 Å². The van der Waals surface area contributed by atoms with Gasteiger partial charge < -0.3 is 5.73 Å². The van der Waals surface area contributed by atoms with Crippen LogP contribution >= 0.6 is 0 Å². The first-order valence-electron chi connectivity index (χ1n) is 6.43. The molecule has 0 fully saturated rings. The van der Waals surface area contributed by atoms with Crippen LogP contribution < -0.4 is 5.73 Å². The fourth-order valence-corrected chi connectivity index (χ4v) is 2.21. The number of benzene rings is 2. The quantitative estimate of drug-likeness (QED) is 0.749. The van der Waals surface area contributed by atoms with Crippen molar-refractivity contribution < 1.29 is 8.78 Å². The molecule has 0 atom stereocenters. The van der Waals surface area contributed by atoms with Crippen molar-refractivity contribution in [1.29, 1.82) is 0 Å². The molecule has 3 nitrogen and oxygen atoms in total. The minimum atomic E-state index is -0.590. The predicted octanol–water partition coefficient (Wildman–Crippen LogP) is 3.46. The lowest BCUT2D eigenvalue weighted by Crippen LogP contribution is -2.00. The Morgan fingerprint density at radius 1 is 1.00 bits per heavy atom. The molecule has 2 aromatic carbocycles. The zero-order valence-corrected chi connectivity index (χ0v) is 11.1. The second-order valence-corrected chi connectivity index (χ2v) is 4.83. The van der Waals surface area contributed by atoms with Gasteiger partial charge in [-0.15, -0.1) is 0 Å². The molecule has 2 N–H and O–H groups in total. The number of anilines is 1. The van der Waals surface area contributed by atoms with Gasteiger partial charge in [0, 0.05) is 23.5 Å². The van der Waals surface area contributed by atoms with Crippen molar-refractivity contribution in [2.45, 2.75) is 6.54 Å². The maximum atomic E-state index is 13.2. The van der Waals surface area contributed by atoms with Crippen LogP contribution in [0.15, 0.2) is 54.9 Å². The van der Waals surface area contributed by atoms with E-state index >= 15 is 0 Å². The fraction of sp³-hybridized carbons (Fsp3) is 0.0625. The standard InChI is InChI=1S/C16H13F2N3/c17-14-4-11(5-15(18)7-14)9-21-10-13(8-20-21)12-2-1-3-16(19)6-12/h1-8,10H,9,19H2. The monoisotopic (exact) mass is 285 g/mol. The number of halogens is 2. The Morgan fingerprint density at radius 2 is 1.76 bits per heavy atom. The zero-order valence-electron chi connectivity index (χ0n) is 11.1. The van der Waals surface area contributed by atoms with Crippen LogP contribution in [-0.4, -0.2) is 9.78 Å². The van der Waals surface area contributed by atoms with Crippen LogP contribution in [0.1, 0.15) is 5.56 Å². The van der Waals surface area contributed by atoms with E-state index in [-0.39, 0.29) is 0 Å². The molecule has 0 aliphatic carbocycles. The van der Waals surface area contributed by atoms with Gasteiger partial charge in [-0.3, -0.25) is 4.68 Å². The Labute approximate surface area is 120 Å². The molecule has 1 aromatic heterocycles. The molecule has 0 radical (unpaired) electrons. The third-order valence-corrected chi connectivity index (χ3v) is 3.12. The largest absolute Gasteiger partial charge is 0.399 e. The summed E-state index contributed by atoms with van der Waals surface area (Å²) in [7, 11) is 0. The Morgan fingerprint density at radius 3 is 2.48 bits per heavy atom. The van der Waals surface area contributed by atoms with Crippen LogP contribution in [0, 0.1) is 11.6 Å². The van der Waals surface area contributed by atoms with Gasteiger partial charge >= 0.3 is 0 Å². The van der Waals surface area contributed by atoms with Crippen molar-refractivity contribution in [2.75, 3.05) is 5.73 Å². The Hall–Kier alpha value is -2.69.